The minimum Gasteiger partial charge on any atom is -0.370 e. The number of nitrogens with zero attached hydrogens (tertiary/aromatic N) is 2. The van der Waals surface area contributed by atoms with Gasteiger partial charge in [0.1, 0.15) is 0 Å². The first-order chi connectivity index (χ1) is 14.1. The first kappa shape index (κ1) is 18.9. The Labute approximate surface area is 178 Å². The Balaban J connectivity index is 1.60. The highest BCUT2D eigenvalue weighted by molar-refractivity contribution is 8.21. The average molecular weight is 425 g/mol. The maximum atomic E-state index is 12.4. The Morgan fingerprint density at radius 3 is 2.41 bits per heavy atom. The van der Waals surface area contributed by atoms with Gasteiger partial charge in [0.2, 0.25) is 0 Å². The summed E-state index contributed by atoms with van der Waals surface area (Å²) in [5, 5.41) is 2.40. The Morgan fingerprint density at radius 1 is 1.00 bits per heavy atom. The van der Waals surface area contributed by atoms with Crippen molar-refractivity contribution in [2.75, 3.05) is 11.5 Å². The third kappa shape index (κ3) is 3.30. The Kier molecular flexibility index (Phi) is 4.75. The topological polar surface area (TPSA) is 86.4 Å². The molecular weight excluding hydrogens is 400 g/mol. The molecule has 7 heteroatoms. The predicted octanol–water partition coefficient (Wildman–Crippen LogP) is 4.50. The van der Waals surface area contributed by atoms with Crippen LogP contribution in [0.5, 0.6) is 0 Å². The fourth-order valence-corrected chi connectivity index (χ4v) is 8.09. The van der Waals surface area contributed by atoms with Gasteiger partial charge in [-0.2, -0.15) is 4.99 Å². The number of benzene rings is 2. The van der Waals surface area contributed by atoms with Crippen LogP contribution in [-0.2, 0) is 0 Å². The molecule has 2 aliphatic rings. The van der Waals surface area contributed by atoms with E-state index in [9.17, 15) is 4.79 Å². The van der Waals surface area contributed by atoms with Gasteiger partial charge in [0.25, 0.3) is 5.91 Å². The molecule has 1 amide bonds. The summed E-state index contributed by atoms with van der Waals surface area (Å²) in [4.78, 5) is 16.1. The van der Waals surface area contributed by atoms with E-state index in [2.05, 4.69) is 57.3 Å². The van der Waals surface area contributed by atoms with Crippen LogP contribution in [0.2, 0.25) is 0 Å². The van der Waals surface area contributed by atoms with Crippen molar-refractivity contribution < 1.29 is 4.79 Å². The van der Waals surface area contributed by atoms with Crippen LogP contribution in [0.4, 0.5) is 0 Å². The SMILES string of the molecule is NC(N)=NC(=O)c1ccc2c3ccccc3n(C3CCC4(CC3)SCCS4)c2c1. The molecule has 3 aromatic rings. The van der Waals surface area contributed by atoms with Crippen molar-refractivity contribution in [2.24, 2.45) is 16.5 Å². The quantitative estimate of drug-likeness (QED) is 0.467. The predicted molar refractivity (Wildman–Crippen MR) is 125 cm³/mol. The van der Waals surface area contributed by atoms with Gasteiger partial charge in [0.15, 0.2) is 5.96 Å². The number of rotatable bonds is 2. The third-order valence-corrected chi connectivity index (χ3v) is 9.73. The number of aromatic nitrogens is 1. The van der Waals surface area contributed by atoms with Gasteiger partial charge in [-0.25, -0.2) is 0 Å². The van der Waals surface area contributed by atoms with Crippen molar-refractivity contribution in [2.45, 2.75) is 35.8 Å². The van der Waals surface area contributed by atoms with Gasteiger partial charge < -0.3 is 16.0 Å². The molecule has 0 bridgehead atoms. The van der Waals surface area contributed by atoms with E-state index >= 15 is 0 Å². The molecule has 0 unspecified atom stereocenters. The van der Waals surface area contributed by atoms with Crippen LogP contribution in [0.3, 0.4) is 0 Å². The minimum absolute atomic E-state index is 0.209. The summed E-state index contributed by atoms with van der Waals surface area (Å²) in [6, 6.07) is 14.8. The normalized spacial score (nSPS) is 19.2. The van der Waals surface area contributed by atoms with E-state index in [4.69, 9.17) is 11.5 Å². The average Bonchev–Trinajstić information content (AvgIpc) is 3.30. The molecule has 4 N–H and O–H groups in total. The van der Waals surface area contributed by atoms with Gasteiger partial charge in [-0.15, -0.1) is 23.5 Å². The molecule has 0 atom stereocenters. The zero-order valence-electron chi connectivity index (χ0n) is 16.1. The van der Waals surface area contributed by atoms with E-state index in [0.717, 1.165) is 5.52 Å². The fourth-order valence-electron chi connectivity index (χ4n) is 4.79. The lowest BCUT2D eigenvalue weighted by molar-refractivity contribution is 0.100. The number of guanidine groups is 1. The van der Waals surface area contributed by atoms with Crippen molar-refractivity contribution in [1.29, 1.82) is 0 Å². The largest absolute Gasteiger partial charge is 0.370 e. The number of carbonyl (C=O) groups excluding carboxylic acids is 1. The monoisotopic (exact) mass is 424 g/mol. The number of thioether (sulfide) groups is 2. The number of hydrogen-bond donors (Lipinski definition) is 2. The van der Waals surface area contributed by atoms with Crippen LogP contribution in [-0.4, -0.2) is 32.0 Å². The van der Waals surface area contributed by atoms with E-state index in [0.29, 0.717) is 15.7 Å². The molecule has 0 radical (unpaired) electrons. The van der Waals surface area contributed by atoms with Gasteiger partial charge in [-0.3, -0.25) is 4.79 Å². The van der Waals surface area contributed by atoms with Crippen molar-refractivity contribution >= 4 is 57.2 Å². The highest BCUT2D eigenvalue weighted by Crippen LogP contribution is 2.55. The molecule has 1 saturated carbocycles. The van der Waals surface area contributed by atoms with E-state index in [1.165, 1.54) is 53.5 Å². The zero-order valence-corrected chi connectivity index (χ0v) is 17.8. The second-order valence-corrected chi connectivity index (χ2v) is 11.0. The van der Waals surface area contributed by atoms with Crippen molar-refractivity contribution in [3.8, 4) is 0 Å². The standard InChI is InChI=1S/C22H24N4OS2/c23-21(24)25-20(27)14-5-6-17-16-3-1-2-4-18(16)26(19(17)13-14)15-7-9-22(10-8-15)28-11-12-29-22/h1-6,13,15H,7-12H2,(H4,23,24,25,27). The number of nitrogens with two attached hydrogens (primary N) is 2. The molecule has 2 fully saturated rings. The number of para-hydroxylation sites is 1. The zero-order chi connectivity index (χ0) is 20.0. The van der Waals surface area contributed by atoms with Gasteiger partial charge in [-0.05, 0) is 43.9 Å². The van der Waals surface area contributed by atoms with Crippen LogP contribution in [0.1, 0.15) is 42.1 Å². The number of amides is 1. The smallest absolute Gasteiger partial charge is 0.280 e. The number of fused-ring (bicyclic) bond motifs is 3. The van der Waals surface area contributed by atoms with Gasteiger partial charge in [0, 0.05) is 39.4 Å². The lowest BCUT2D eigenvalue weighted by Gasteiger charge is -2.37. The van der Waals surface area contributed by atoms with Crippen molar-refractivity contribution in [1.82, 2.24) is 4.57 Å². The van der Waals surface area contributed by atoms with Crippen LogP contribution >= 0.6 is 23.5 Å². The summed E-state index contributed by atoms with van der Waals surface area (Å²) in [6.45, 7) is 0. The summed E-state index contributed by atoms with van der Waals surface area (Å²) >= 11 is 4.31. The molecule has 2 aromatic carbocycles. The Morgan fingerprint density at radius 2 is 1.69 bits per heavy atom. The van der Waals surface area contributed by atoms with Crippen LogP contribution in [0.15, 0.2) is 47.5 Å². The second-order valence-electron chi connectivity index (χ2n) is 7.80. The van der Waals surface area contributed by atoms with E-state index in [-0.39, 0.29) is 5.96 Å². The Bertz CT molecular complexity index is 1120. The number of hydrogen-bond acceptors (Lipinski definition) is 3. The first-order valence-corrected chi connectivity index (χ1v) is 12.0. The van der Waals surface area contributed by atoms with Crippen LogP contribution < -0.4 is 11.5 Å². The highest BCUT2D eigenvalue weighted by Gasteiger charge is 2.40. The summed E-state index contributed by atoms with van der Waals surface area (Å²) in [5.41, 5.74) is 13.7. The molecule has 1 aliphatic carbocycles. The summed E-state index contributed by atoms with van der Waals surface area (Å²) in [6.07, 6.45) is 4.82. The van der Waals surface area contributed by atoms with E-state index < -0.39 is 5.91 Å². The summed E-state index contributed by atoms with van der Waals surface area (Å²) in [5.74, 6) is 1.95. The molecule has 29 heavy (non-hydrogen) atoms. The number of aliphatic imine (C=N–C) groups is 1. The highest BCUT2D eigenvalue weighted by atomic mass is 32.2. The van der Waals surface area contributed by atoms with Crippen LogP contribution in [0.25, 0.3) is 21.8 Å². The van der Waals surface area contributed by atoms with Gasteiger partial charge in [0.05, 0.1) is 9.60 Å². The maximum Gasteiger partial charge on any atom is 0.280 e. The first-order valence-electron chi connectivity index (χ1n) is 10.0. The van der Waals surface area contributed by atoms with E-state index in [1.54, 1.807) is 0 Å². The molecule has 1 aromatic heterocycles. The second kappa shape index (κ2) is 7.29. The molecule has 1 saturated heterocycles. The van der Waals surface area contributed by atoms with Gasteiger partial charge >= 0.3 is 0 Å². The summed E-state index contributed by atoms with van der Waals surface area (Å²) < 4.78 is 2.89. The lowest BCUT2D eigenvalue weighted by atomic mass is 9.94. The molecule has 2 heterocycles. The molecule has 150 valence electrons. The number of carbonyl (C=O) groups is 1. The summed E-state index contributed by atoms with van der Waals surface area (Å²) in [7, 11) is 0. The lowest BCUT2D eigenvalue weighted by Crippen LogP contribution is -2.27. The van der Waals surface area contributed by atoms with Crippen molar-refractivity contribution in [3.63, 3.8) is 0 Å². The molecular formula is C22H24N4OS2. The van der Waals surface area contributed by atoms with E-state index in [1.807, 2.05) is 18.2 Å². The van der Waals surface area contributed by atoms with Crippen molar-refractivity contribution in [3.05, 3.63) is 48.0 Å². The Hall–Kier alpha value is -2.12. The minimum atomic E-state index is -0.398. The van der Waals surface area contributed by atoms with Crippen LogP contribution in [0, 0.1) is 0 Å². The fraction of sp³-hybridized carbons (Fsp3) is 0.364. The molecule has 5 rings (SSSR count). The molecule has 5 nitrogen and oxygen atoms in total. The maximum absolute atomic E-state index is 12.4. The third-order valence-electron chi connectivity index (χ3n) is 6.08. The molecule has 1 aliphatic heterocycles. The molecule has 1 spiro atoms. The van der Waals surface area contributed by atoms with Gasteiger partial charge in [-0.1, -0.05) is 24.3 Å².